The SMILES string of the molecule is Nc1cccc2c1CCCN2CCCN1CCCC1. The molecule has 2 N–H and O–H groups in total. The molecule has 0 unspecified atom stereocenters. The first-order chi connectivity index (χ1) is 9.34. The lowest BCUT2D eigenvalue weighted by Gasteiger charge is -2.32. The summed E-state index contributed by atoms with van der Waals surface area (Å²) < 4.78 is 0. The summed E-state index contributed by atoms with van der Waals surface area (Å²) in [5, 5.41) is 0. The molecule has 0 saturated carbocycles. The van der Waals surface area contributed by atoms with Crippen molar-refractivity contribution in [3.63, 3.8) is 0 Å². The van der Waals surface area contributed by atoms with Crippen molar-refractivity contribution in [3.05, 3.63) is 23.8 Å². The van der Waals surface area contributed by atoms with Gasteiger partial charge in [0.1, 0.15) is 0 Å². The van der Waals surface area contributed by atoms with Crippen LogP contribution >= 0.6 is 0 Å². The molecule has 3 nitrogen and oxygen atoms in total. The predicted octanol–water partition coefficient (Wildman–Crippen LogP) is 2.51. The smallest absolute Gasteiger partial charge is 0.0419 e. The standard InChI is InChI=1S/C16H25N3/c17-15-7-3-8-16-14(15)6-4-12-19(16)13-5-11-18-9-1-2-10-18/h3,7-8H,1-2,4-6,9-13,17H2. The van der Waals surface area contributed by atoms with Crippen molar-refractivity contribution in [1.29, 1.82) is 0 Å². The highest BCUT2D eigenvalue weighted by Crippen LogP contribution is 2.31. The first-order valence-corrected chi connectivity index (χ1v) is 7.69. The van der Waals surface area contributed by atoms with Crippen LogP contribution < -0.4 is 10.6 Å². The average Bonchev–Trinajstić information content (AvgIpc) is 2.93. The number of hydrogen-bond donors (Lipinski definition) is 1. The Kier molecular flexibility index (Phi) is 3.92. The molecule has 2 aliphatic rings. The second-order valence-corrected chi connectivity index (χ2v) is 5.84. The zero-order valence-corrected chi connectivity index (χ0v) is 11.8. The van der Waals surface area contributed by atoms with Crippen LogP contribution in [0.15, 0.2) is 18.2 Å². The summed E-state index contributed by atoms with van der Waals surface area (Å²) in [7, 11) is 0. The maximum Gasteiger partial charge on any atom is 0.0419 e. The van der Waals surface area contributed by atoms with E-state index in [-0.39, 0.29) is 0 Å². The maximum atomic E-state index is 6.10. The molecule has 0 atom stereocenters. The van der Waals surface area contributed by atoms with Gasteiger partial charge in [-0.05, 0) is 69.4 Å². The first-order valence-electron chi connectivity index (χ1n) is 7.69. The van der Waals surface area contributed by atoms with Gasteiger partial charge in [-0.25, -0.2) is 0 Å². The molecule has 3 rings (SSSR count). The van der Waals surface area contributed by atoms with Crippen LogP contribution in [-0.2, 0) is 6.42 Å². The lowest BCUT2D eigenvalue weighted by Crippen LogP contribution is -2.33. The maximum absolute atomic E-state index is 6.10. The molecule has 0 bridgehead atoms. The highest BCUT2D eigenvalue weighted by Gasteiger charge is 2.18. The van der Waals surface area contributed by atoms with Gasteiger partial charge in [-0.15, -0.1) is 0 Å². The molecule has 104 valence electrons. The third-order valence-electron chi connectivity index (χ3n) is 4.48. The first kappa shape index (κ1) is 12.8. The van der Waals surface area contributed by atoms with Crippen molar-refractivity contribution in [2.45, 2.75) is 32.1 Å². The Bertz CT molecular complexity index is 424. The molecule has 19 heavy (non-hydrogen) atoms. The molecule has 2 aliphatic heterocycles. The highest BCUT2D eigenvalue weighted by molar-refractivity contribution is 5.66. The van der Waals surface area contributed by atoms with E-state index in [9.17, 15) is 0 Å². The van der Waals surface area contributed by atoms with E-state index in [1.54, 1.807) is 0 Å². The lowest BCUT2D eigenvalue weighted by molar-refractivity contribution is 0.334. The van der Waals surface area contributed by atoms with Gasteiger partial charge in [-0.3, -0.25) is 0 Å². The second-order valence-electron chi connectivity index (χ2n) is 5.84. The van der Waals surface area contributed by atoms with Gasteiger partial charge in [0.25, 0.3) is 0 Å². The molecular weight excluding hydrogens is 234 g/mol. The second kappa shape index (κ2) is 5.83. The Morgan fingerprint density at radius 1 is 1.00 bits per heavy atom. The van der Waals surface area contributed by atoms with Crippen LogP contribution in [0.3, 0.4) is 0 Å². The van der Waals surface area contributed by atoms with Crippen LogP contribution in [-0.4, -0.2) is 37.6 Å². The summed E-state index contributed by atoms with van der Waals surface area (Å²) >= 11 is 0. The van der Waals surface area contributed by atoms with Crippen molar-refractivity contribution in [2.75, 3.05) is 43.4 Å². The topological polar surface area (TPSA) is 32.5 Å². The summed E-state index contributed by atoms with van der Waals surface area (Å²) in [6.07, 6.45) is 6.44. The third kappa shape index (κ3) is 2.86. The minimum atomic E-state index is 0.974. The fraction of sp³-hybridized carbons (Fsp3) is 0.625. The van der Waals surface area contributed by atoms with Crippen molar-refractivity contribution in [2.24, 2.45) is 0 Å². The number of likely N-dealkylation sites (tertiary alicyclic amines) is 1. The summed E-state index contributed by atoms with van der Waals surface area (Å²) in [5.74, 6) is 0. The Hall–Kier alpha value is -1.22. The van der Waals surface area contributed by atoms with Gasteiger partial charge in [0, 0.05) is 24.5 Å². The van der Waals surface area contributed by atoms with E-state index in [1.807, 2.05) is 6.07 Å². The summed E-state index contributed by atoms with van der Waals surface area (Å²) in [4.78, 5) is 5.13. The minimum Gasteiger partial charge on any atom is -0.398 e. The number of fused-ring (bicyclic) bond motifs is 1. The molecule has 1 saturated heterocycles. The lowest BCUT2D eigenvalue weighted by atomic mass is 10.00. The third-order valence-corrected chi connectivity index (χ3v) is 4.48. The van der Waals surface area contributed by atoms with Gasteiger partial charge in [0.05, 0.1) is 0 Å². The summed E-state index contributed by atoms with van der Waals surface area (Å²) in [6.45, 7) is 6.24. The van der Waals surface area contributed by atoms with Crippen molar-refractivity contribution < 1.29 is 0 Å². The van der Waals surface area contributed by atoms with E-state index < -0.39 is 0 Å². The van der Waals surface area contributed by atoms with Gasteiger partial charge in [0.2, 0.25) is 0 Å². The van der Waals surface area contributed by atoms with E-state index in [2.05, 4.69) is 21.9 Å². The quantitative estimate of drug-likeness (QED) is 0.843. The summed E-state index contributed by atoms with van der Waals surface area (Å²) in [6, 6.07) is 6.36. The largest absolute Gasteiger partial charge is 0.398 e. The zero-order valence-electron chi connectivity index (χ0n) is 11.8. The number of hydrogen-bond acceptors (Lipinski definition) is 3. The Balaban J connectivity index is 1.58. The average molecular weight is 259 g/mol. The monoisotopic (exact) mass is 259 g/mol. The molecule has 1 aromatic rings. The van der Waals surface area contributed by atoms with Crippen LogP contribution in [0.2, 0.25) is 0 Å². The molecule has 2 heterocycles. The van der Waals surface area contributed by atoms with Gasteiger partial charge in [-0.1, -0.05) is 6.07 Å². The van der Waals surface area contributed by atoms with Crippen molar-refractivity contribution >= 4 is 11.4 Å². The Labute approximate surface area is 116 Å². The fourth-order valence-electron chi connectivity index (χ4n) is 3.45. The van der Waals surface area contributed by atoms with Crippen LogP contribution in [0.4, 0.5) is 11.4 Å². The number of benzene rings is 1. The van der Waals surface area contributed by atoms with Crippen LogP contribution in [0.5, 0.6) is 0 Å². The summed E-state index contributed by atoms with van der Waals surface area (Å²) in [5.41, 5.74) is 9.82. The molecular formula is C16H25N3. The van der Waals surface area contributed by atoms with Crippen molar-refractivity contribution in [3.8, 4) is 0 Å². The van der Waals surface area contributed by atoms with E-state index in [1.165, 1.54) is 69.7 Å². The van der Waals surface area contributed by atoms with Crippen LogP contribution in [0.1, 0.15) is 31.2 Å². The van der Waals surface area contributed by atoms with Gasteiger partial charge in [0.15, 0.2) is 0 Å². The molecule has 1 fully saturated rings. The molecule has 0 aromatic heterocycles. The van der Waals surface area contributed by atoms with Gasteiger partial charge < -0.3 is 15.5 Å². The normalized spacial score (nSPS) is 19.7. The zero-order chi connectivity index (χ0) is 13.1. The number of nitrogens with zero attached hydrogens (tertiary/aromatic N) is 2. The van der Waals surface area contributed by atoms with E-state index in [4.69, 9.17) is 5.73 Å². The number of rotatable bonds is 4. The van der Waals surface area contributed by atoms with Crippen LogP contribution in [0, 0.1) is 0 Å². The van der Waals surface area contributed by atoms with Crippen molar-refractivity contribution in [1.82, 2.24) is 4.90 Å². The molecule has 0 spiro atoms. The van der Waals surface area contributed by atoms with E-state index >= 15 is 0 Å². The molecule has 0 radical (unpaired) electrons. The van der Waals surface area contributed by atoms with E-state index in [0.717, 1.165) is 12.1 Å². The molecule has 0 amide bonds. The molecule has 3 heteroatoms. The number of nitrogen functional groups attached to an aromatic ring is 1. The Morgan fingerprint density at radius 3 is 2.68 bits per heavy atom. The minimum absolute atomic E-state index is 0.974. The highest BCUT2D eigenvalue weighted by atomic mass is 15.2. The number of nitrogens with two attached hydrogens (primary N) is 1. The van der Waals surface area contributed by atoms with Crippen LogP contribution in [0.25, 0.3) is 0 Å². The fourth-order valence-corrected chi connectivity index (χ4v) is 3.45. The Morgan fingerprint density at radius 2 is 1.84 bits per heavy atom. The predicted molar refractivity (Wildman–Crippen MR) is 81.7 cm³/mol. The molecule has 1 aromatic carbocycles. The number of anilines is 2. The van der Waals surface area contributed by atoms with E-state index in [0.29, 0.717) is 0 Å². The molecule has 0 aliphatic carbocycles. The van der Waals surface area contributed by atoms with Gasteiger partial charge >= 0.3 is 0 Å². The van der Waals surface area contributed by atoms with Gasteiger partial charge in [-0.2, -0.15) is 0 Å².